The number of hydrogen-bond acceptors (Lipinski definition) is 5. The van der Waals surface area contributed by atoms with Crippen LogP contribution in [-0.4, -0.2) is 52.1 Å². The molecule has 0 bridgehead atoms. The molecule has 1 aliphatic rings. The number of ether oxygens (including phenoxy) is 1. The van der Waals surface area contributed by atoms with Gasteiger partial charge in [-0.3, -0.25) is 0 Å². The molecule has 2 atom stereocenters. The van der Waals surface area contributed by atoms with Crippen molar-refractivity contribution in [3.8, 4) is 0 Å². The van der Waals surface area contributed by atoms with Crippen molar-refractivity contribution < 1.29 is 13.2 Å². The van der Waals surface area contributed by atoms with Crippen molar-refractivity contribution in [1.82, 2.24) is 4.72 Å². The predicted octanol–water partition coefficient (Wildman–Crippen LogP) is 3.21. The molecular weight excluding hydrogens is 362 g/mol. The first-order chi connectivity index (χ1) is 12.8. The monoisotopic (exact) mass is 397 g/mol. The molecule has 0 aromatic heterocycles. The molecule has 1 aromatic carbocycles. The van der Waals surface area contributed by atoms with Crippen LogP contribution in [0.25, 0.3) is 0 Å². The summed E-state index contributed by atoms with van der Waals surface area (Å²) >= 11 is 0. The van der Waals surface area contributed by atoms with E-state index in [1.165, 1.54) is 5.69 Å². The Labute approximate surface area is 164 Å². The lowest BCUT2D eigenvalue weighted by atomic mass is 10.2. The first-order valence-corrected chi connectivity index (χ1v) is 11.6. The molecule has 0 saturated carbocycles. The van der Waals surface area contributed by atoms with Gasteiger partial charge in [0.25, 0.3) is 0 Å². The summed E-state index contributed by atoms with van der Waals surface area (Å²) in [6.45, 7) is 10.9. The zero-order chi connectivity index (χ0) is 19.9. The minimum Gasteiger partial charge on any atom is -0.385 e. The van der Waals surface area contributed by atoms with E-state index in [0.717, 1.165) is 44.6 Å². The second kappa shape index (κ2) is 10.3. The van der Waals surface area contributed by atoms with Crippen molar-refractivity contribution in [3.05, 3.63) is 24.3 Å². The van der Waals surface area contributed by atoms with E-state index in [1.54, 1.807) is 13.8 Å². The number of nitrogens with zero attached hydrogens (tertiary/aromatic N) is 1. The minimum absolute atomic E-state index is 0.249. The molecule has 1 heterocycles. The van der Waals surface area contributed by atoms with Gasteiger partial charge in [0.05, 0.1) is 17.5 Å². The number of anilines is 2. The summed E-state index contributed by atoms with van der Waals surface area (Å²) in [4.78, 5) is 2.38. The molecule has 1 aliphatic heterocycles. The van der Waals surface area contributed by atoms with Gasteiger partial charge < -0.3 is 15.0 Å². The van der Waals surface area contributed by atoms with Crippen LogP contribution in [0.4, 0.5) is 11.4 Å². The molecule has 27 heavy (non-hydrogen) atoms. The highest BCUT2D eigenvalue weighted by atomic mass is 32.2. The van der Waals surface area contributed by atoms with Crippen molar-refractivity contribution in [2.75, 3.05) is 36.4 Å². The van der Waals surface area contributed by atoms with Gasteiger partial charge in [-0.15, -0.1) is 0 Å². The van der Waals surface area contributed by atoms with Gasteiger partial charge in [0, 0.05) is 37.6 Å². The number of morpholine rings is 1. The Morgan fingerprint density at radius 1 is 1.11 bits per heavy atom. The smallest absolute Gasteiger partial charge is 0.213 e. The molecule has 154 valence electrons. The molecule has 0 radical (unpaired) electrons. The highest BCUT2D eigenvalue weighted by molar-refractivity contribution is 7.90. The molecule has 1 saturated heterocycles. The molecule has 0 unspecified atom stereocenters. The van der Waals surface area contributed by atoms with Crippen LogP contribution in [0.1, 0.15) is 47.0 Å². The van der Waals surface area contributed by atoms with E-state index in [1.807, 2.05) is 0 Å². The fourth-order valence-electron chi connectivity index (χ4n) is 3.24. The number of hydrogen-bond donors (Lipinski definition) is 2. The van der Waals surface area contributed by atoms with E-state index in [9.17, 15) is 8.42 Å². The van der Waals surface area contributed by atoms with Crippen LogP contribution in [0.15, 0.2) is 24.3 Å². The first-order valence-electron chi connectivity index (χ1n) is 10.0. The van der Waals surface area contributed by atoms with E-state index in [4.69, 9.17) is 4.74 Å². The highest BCUT2D eigenvalue weighted by Gasteiger charge is 2.22. The van der Waals surface area contributed by atoms with Crippen LogP contribution in [0.3, 0.4) is 0 Å². The Hall–Kier alpha value is -1.31. The van der Waals surface area contributed by atoms with Gasteiger partial charge in [-0.25, -0.2) is 13.1 Å². The van der Waals surface area contributed by atoms with Crippen molar-refractivity contribution >= 4 is 21.4 Å². The summed E-state index contributed by atoms with van der Waals surface area (Å²) in [5.74, 6) is 0. The maximum atomic E-state index is 11.7. The lowest BCUT2D eigenvalue weighted by Gasteiger charge is -2.37. The molecule has 7 heteroatoms. The van der Waals surface area contributed by atoms with Crippen LogP contribution < -0.4 is 14.9 Å². The number of unbranched alkanes of at least 4 members (excludes halogenated alkanes) is 2. The van der Waals surface area contributed by atoms with E-state index in [-0.39, 0.29) is 17.5 Å². The van der Waals surface area contributed by atoms with Gasteiger partial charge in [-0.1, -0.05) is 12.5 Å². The second-order valence-electron chi connectivity index (χ2n) is 7.69. The fraction of sp³-hybridized carbons (Fsp3) is 0.700. The molecule has 2 N–H and O–H groups in total. The summed E-state index contributed by atoms with van der Waals surface area (Å²) in [5, 5.41) is 3.10. The number of rotatable bonds is 10. The van der Waals surface area contributed by atoms with Crippen LogP contribution in [0.2, 0.25) is 0 Å². The topological polar surface area (TPSA) is 70.7 Å². The highest BCUT2D eigenvalue weighted by Crippen LogP contribution is 2.23. The number of benzene rings is 1. The molecule has 0 aliphatic carbocycles. The van der Waals surface area contributed by atoms with Crippen molar-refractivity contribution in [2.24, 2.45) is 0 Å². The maximum absolute atomic E-state index is 11.7. The third-order valence-corrected chi connectivity index (χ3v) is 6.59. The molecule has 6 nitrogen and oxygen atoms in total. The lowest BCUT2D eigenvalue weighted by molar-refractivity contribution is -0.00521. The summed E-state index contributed by atoms with van der Waals surface area (Å²) < 4.78 is 31.8. The van der Waals surface area contributed by atoms with E-state index >= 15 is 0 Å². The normalized spacial score (nSPS) is 20.9. The minimum atomic E-state index is -3.14. The Balaban J connectivity index is 1.69. The summed E-state index contributed by atoms with van der Waals surface area (Å²) in [6.07, 6.45) is 3.36. The van der Waals surface area contributed by atoms with Gasteiger partial charge in [0.1, 0.15) is 0 Å². The van der Waals surface area contributed by atoms with Crippen LogP contribution in [0, 0.1) is 0 Å². The first kappa shape index (κ1) is 22.0. The van der Waals surface area contributed by atoms with E-state index < -0.39 is 10.0 Å². The third-order valence-electron chi connectivity index (χ3n) is 4.74. The standard InChI is InChI=1S/C20H35N3O3S/c1-16(2)27(24,25)22-12-7-5-6-11-21-19-9-8-10-20(13-19)23-14-17(3)26-18(4)15-23/h8-10,13,16-18,21-22H,5-7,11-12,14-15H2,1-4H3/t17-,18+. The molecule has 0 spiro atoms. The molecule has 2 rings (SSSR count). The summed E-state index contributed by atoms with van der Waals surface area (Å²) in [7, 11) is -3.14. The Bertz CT molecular complexity index is 669. The van der Waals surface area contributed by atoms with Gasteiger partial charge >= 0.3 is 0 Å². The molecular formula is C20H35N3O3S. The molecule has 1 aromatic rings. The molecule has 1 fully saturated rings. The second-order valence-corrected chi connectivity index (χ2v) is 10.0. The summed E-state index contributed by atoms with van der Waals surface area (Å²) in [5.41, 5.74) is 2.35. The van der Waals surface area contributed by atoms with Crippen LogP contribution in [0.5, 0.6) is 0 Å². The predicted molar refractivity (Wildman–Crippen MR) is 113 cm³/mol. The van der Waals surface area contributed by atoms with E-state index in [0.29, 0.717) is 6.54 Å². The average molecular weight is 398 g/mol. The largest absolute Gasteiger partial charge is 0.385 e. The quantitative estimate of drug-likeness (QED) is 0.593. The van der Waals surface area contributed by atoms with Gasteiger partial charge in [-0.2, -0.15) is 0 Å². The van der Waals surface area contributed by atoms with Crippen LogP contribution in [-0.2, 0) is 14.8 Å². The maximum Gasteiger partial charge on any atom is 0.213 e. The van der Waals surface area contributed by atoms with Crippen molar-refractivity contribution in [1.29, 1.82) is 0 Å². The zero-order valence-corrected chi connectivity index (χ0v) is 17.9. The lowest BCUT2D eigenvalue weighted by Crippen LogP contribution is -2.45. The Morgan fingerprint density at radius 3 is 2.44 bits per heavy atom. The fourth-order valence-corrected chi connectivity index (χ4v) is 4.00. The molecule has 0 amide bonds. The zero-order valence-electron chi connectivity index (χ0n) is 17.1. The van der Waals surface area contributed by atoms with Gasteiger partial charge in [0.2, 0.25) is 10.0 Å². The Kier molecular flexibility index (Phi) is 8.38. The van der Waals surface area contributed by atoms with Crippen molar-refractivity contribution in [3.63, 3.8) is 0 Å². The van der Waals surface area contributed by atoms with Gasteiger partial charge in [0.15, 0.2) is 0 Å². The SMILES string of the molecule is CC(C)S(=O)(=O)NCCCCCNc1cccc(N2C[C@@H](C)O[C@@H](C)C2)c1. The van der Waals surface area contributed by atoms with Gasteiger partial charge in [-0.05, 0) is 58.7 Å². The van der Waals surface area contributed by atoms with E-state index in [2.05, 4.69) is 53.1 Å². The Morgan fingerprint density at radius 2 is 1.78 bits per heavy atom. The van der Waals surface area contributed by atoms with Crippen molar-refractivity contribution in [2.45, 2.75) is 64.4 Å². The third kappa shape index (κ3) is 7.31. The van der Waals surface area contributed by atoms with Crippen LogP contribution >= 0.6 is 0 Å². The average Bonchev–Trinajstić information content (AvgIpc) is 2.60. The number of sulfonamides is 1. The summed E-state index contributed by atoms with van der Waals surface area (Å²) in [6, 6.07) is 8.52. The number of nitrogens with one attached hydrogen (secondary N) is 2.